The lowest BCUT2D eigenvalue weighted by Crippen LogP contribution is -2.01. The number of rotatable bonds is 4. The van der Waals surface area contributed by atoms with Gasteiger partial charge < -0.3 is 9.30 Å². The number of hydrogen-bond donors (Lipinski definition) is 1. The molecular weight excluding hydrogens is 246 g/mol. The van der Waals surface area contributed by atoms with E-state index in [2.05, 4.69) is 23.7 Å². The summed E-state index contributed by atoms with van der Waals surface area (Å²) in [5.74, 6) is 0.610. The van der Waals surface area contributed by atoms with Crippen molar-refractivity contribution in [1.82, 2.24) is 9.55 Å². The van der Waals surface area contributed by atoms with Crippen molar-refractivity contribution in [3.05, 3.63) is 41.7 Å². The number of benzene rings is 1. The van der Waals surface area contributed by atoms with Crippen LogP contribution < -0.4 is 4.74 Å². The summed E-state index contributed by atoms with van der Waals surface area (Å²) in [6, 6.07) is 7.78. The lowest BCUT2D eigenvalue weighted by molar-refractivity contribution is 0.413. The SMILES string of the molecule is COc1ccc(CCn2ccnc2S)cc1C#N. The highest BCUT2D eigenvalue weighted by molar-refractivity contribution is 7.80. The average Bonchev–Trinajstić information content (AvgIpc) is 2.81. The Morgan fingerprint density at radius 3 is 2.94 bits per heavy atom. The molecule has 0 amide bonds. The highest BCUT2D eigenvalue weighted by atomic mass is 32.1. The summed E-state index contributed by atoms with van der Waals surface area (Å²) in [4.78, 5) is 4.04. The Balaban J connectivity index is 2.11. The van der Waals surface area contributed by atoms with E-state index >= 15 is 0 Å². The van der Waals surface area contributed by atoms with Gasteiger partial charge in [0.15, 0.2) is 5.16 Å². The second-order valence-electron chi connectivity index (χ2n) is 3.82. The minimum Gasteiger partial charge on any atom is -0.495 e. The molecule has 4 nitrogen and oxygen atoms in total. The van der Waals surface area contributed by atoms with Crippen LogP contribution in [0.1, 0.15) is 11.1 Å². The normalized spacial score (nSPS) is 10.1. The van der Waals surface area contributed by atoms with Gasteiger partial charge in [-0.1, -0.05) is 6.07 Å². The van der Waals surface area contributed by atoms with Crippen LogP contribution in [0.2, 0.25) is 0 Å². The summed E-state index contributed by atoms with van der Waals surface area (Å²) in [6.07, 6.45) is 4.43. The number of methoxy groups -OCH3 is 1. The summed E-state index contributed by atoms with van der Waals surface area (Å²) >= 11 is 4.25. The number of nitriles is 1. The van der Waals surface area contributed by atoms with Crippen LogP contribution in [0.5, 0.6) is 5.75 Å². The molecule has 0 bridgehead atoms. The third-order valence-corrected chi connectivity index (χ3v) is 3.09. The Bertz CT molecular complexity index is 586. The molecule has 1 aromatic carbocycles. The zero-order valence-electron chi connectivity index (χ0n) is 10.00. The molecule has 0 radical (unpaired) electrons. The van der Waals surface area contributed by atoms with Gasteiger partial charge in [0.25, 0.3) is 0 Å². The molecule has 0 fully saturated rings. The molecule has 5 heteroatoms. The Morgan fingerprint density at radius 1 is 1.50 bits per heavy atom. The maximum atomic E-state index is 9.01. The second kappa shape index (κ2) is 5.61. The van der Waals surface area contributed by atoms with Gasteiger partial charge in [-0.2, -0.15) is 5.26 Å². The lowest BCUT2D eigenvalue weighted by atomic mass is 10.1. The number of aryl methyl sites for hydroxylation is 2. The smallest absolute Gasteiger partial charge is 0.164 e. The van der Waals surface area contributed by atoms with Crippen LogP contribution in [0.3, 0.4) is 0 Å². The zero-order chi connectivity index (χ0) is 13.0. The first-order valence-corrected chi connectivity index (χ1v) is 5.96. The Kier molecular flexibility index (Phi) is 3.90. The van der Waals surface area contributed by atoms with Crippen molar-refractivity contribution in [2.75, 3.05) is 7.11 Å². The van der Waals surface area contributed by atoms with E-state index in [1.54, 1.807) is 13.3 Å². The third-order valence-electron chi connectivity index (χ3n) is 2.72. The molecule has 0 aliphatic heterocycles. The van der Waals surface area contributed by atoms with Crippen molar-refractivity contribution in [2.24, 2.45) is 0 Å². The maximum Gasteiger partial charge on any atom is 0.164 e. The summed E-state index contributed by atoms with van der Waals surface area (Å²) in [5, 5.41) is 9.71. The quantitative estimate of drug-likeness (QED) is 0.857. The number of thiol groups is 1. The van der Waals surface area contributed by atoms with E-state index in [0.29, 0.717) is 16.5 Å². The largest absolute Gasteiger partial charge is 0.495 e. The third kappa shape index (κ3) is 2.66. The zero-order valence-corrected chi connectivity index (χ0v) is 10.9. The van der Waals surface area contributed by atoms with Crippen molar-refractivity contribution < 1.29 is 4.74 Å². The lowest BCUT2D eigenvalue weighted by Gasteiger charge is -2.07. The minimum atomic E-state index is 0.562. The number of aromatic nitrogens is 2. The van der Waals surface area contributed by atoms with E-state index in [1.807, 2.05) is 29.0 Å². The molecule has 0 saturated carbocycles. The van der Waals surface area contributed by atoms with Gasteiger partial charge in [0.1, 0.15) is 11.8 Å². The first kappa shape index (κ1) is 12.5. The van der Waals surface area contributed by atoms with Crippen LogP contribution in [0.4, 0.5) is 0 Å². The molecule has 18 heavy (non-hydrogen) atoms. The Hall–Kier alpha value is -1.93. The molecule has 0 unspecified atom stereocenters. The fourth-order valence-corrected chi connectivity index (χ4v) is 1.98. The Labute approximate surface area is 111 Å². The molecule has 1 aromatic heterocycles. The molecule has 0 N–H and O–H groups in total. The van der Waals surface area contributed by atoms with Gasteiger partial charge in [0, 0.05) is 18.9 Å². The summed E-state index contributed by atoms with van der Waals surface area (Å²) in [7, 11) is 1.56. The van der Waals surface area contributed by atoms with Crippen molar-refractivity contribution in [2.45, 2.75) is 18.1 Å². The fraction of sp³-hybridized carbons (Fsp3) is 0.231. The predicted octanol–water partition coefficient (Wildman–Crippen LogP) is 2.29. The van der Waals surface area contributed by atoms with E-state index in [0.717, 1.165) is 18.5 Å². The van der Waals surface area contributed by atoms with Crippen molar-refractivity contribution in [3.63, 3.8) is 0 Å². The van der Waals surface area contributed by atoms with E-state index in [9.17, 15) is 0 Å². The van der Waals surface area contributed by atoms with E-state index in [1.165, 1.54) is 0 Å². The van der Waals surface area contributed by atoms with Gasteiger partial charge in [-0.15, -0.1) is 12.6 Å². The van der Waals surface area contributed by atoms with E-state index < -0.39 is 0 Å². The standard InChI is InChI=1S/C13H13N3OS/c1-17-12-3-2-10(8-11(12)9-14)4-6-16-7-5-15-13(16)18/h2-3,5,7-8H,4,6H2,1H3,(H,15,18). The van der Waals surface area contributed by atoms with Crippen LogP contribution in [0.15, 0.2) is 35.7 Å². The molecule has 0 aliphatic rings. The Morgan fingerprint density at radius 2 is 2.33 bits per heavy atom. The van der Waals surface area contributed by atoms with Gasteiger partial charge in [-0.25, -0.2) is 4.98 Å². The maximum absolute atomic E-state index is 9.01. The number of hydrogen-bond acceptors (Lipinski definition) is 4. The van der Waals surface area contributed by atoms with E-state index in [4.69, 9.17) is 10.00 Å². The van der Waals surface area contributed by atoms with Crippen LogP contribution in [-0.4, -0.2) is 16.7 Å². The van der Waals surface area contributed by atoms with Crippen LogP contribution in [0, 0.1) is 11.3 Å². The number of imidazole rings is 1. The van der Waals surface area contributed by atoms with Crippen molar-refractivity contribution in [3.8, 4) is 11.8 Å². The second-order valence-corrected chi connectivity index (χ2v) is 4.22. The minimum absolute atomic E-state index is 0.562. The van der Waals surface area contributed by atoms with Crippen LogP contribution >= 0.6 is 12.6 Å². The predicted molar refractivity (Wildman–Crippen MR) is 70.9 cm³/mol. The highest BCUT2D eigenvalue weighted by Crippen LogP contribution is 2.19. The van der Waals surface area contributed by atoms with Crippen LogP contribution in [0.25, 0.3) is 0 Å². The number of ether oxygens (including phenoxy) is 1. The molecule has 0 spiro atoms. The topological polar surface area (TPSA) is 50.8 Å². The molecule has 2 aromatic rings. The summed E-state index contributed by atoms with van der Waals surface area (Å²) < 4.78 is 7.07. The van der Waals surface area contributed by atoms with Gasteiger partial charge in [-0.05, 0) is 24.1 Å². The molecule has 0 atom stereocenters. The van der Waals surface area contributed by atoms with Gasteiger partial charge >= 0.3 is 0 Å². The molecule has 0 saturated heterocycles. The van der Waals surface area contributed by atoms with Gasteiger partial charge in [-0.3, -0.25) is 0 Å². The van der Waals surface area contributed by atoms with Crippen molar-refractivity contribution >= 4 is 12.6 Å². The summed E-state index contributed by atoms with van der Waals surface area (Å²) in [5.41, 5.74) is 1.65. The molecule has 1 heterocycles. The molecular formula is C13H13N3OS. The first-order valence-electron chi connectivity index (χ1n) is 5.51. The monoisotopic (exact) mass is 259 g/mol. The average molecular weight is 259 g/mol. The molecule has 92 valence electrons. The van der Waals surface area contributed by atoms with Crippen molar-refractivity contribution in [1.29, 1.82) is 5.26 Å². The van der Waals surface area contributed by atoms with Gasteiger partial charge in [0.05, 0.1) is 12.7 Å². The van der Waals surface area contributed by atoms with Gasteiger partial charge in [0.2, 0.25) is 0 Å². The highest BCUT2D eigenvalue weighted by Gasteiger charge is 2.04. The van der Waals surface area contributed by atoms with E-state index in [-0.39, 0.29) is 0 Å². The number of nitrogens with zero attached hydrogens (tertiary/aromatic N) is 3. The summed E-state index contributed by atoms with van der Waals surface area (Å²) in [6.45, 7) is 0.788. The fourth-order valence-electron chi connectivity index (χ4n) is 1.74. The molecule has 0 aliphatic carbocycles. The van der Waals surface area contributed by atoms with Crippen LogP contribution in [-0.2, 0) is 13.0 Å². The first-order chi connectivity index (χ1) is 8.74. The molecule has 2 rings (SSSR count).